The second-order valence-corrected chi connectivity index (χ2v) is 10.3. The number of nitrogen functional groups attached to an aromatic ring is 1. The van der Waals surface area contributed by atoms with Crippen molar-refractivity contribution in [3.8, 4) is 17.0 Å². The summed E-state index contributed by atoms with van der Waals surface area (Å²) in [5.41, 5.74) is 6.87. The van der Waals surface area contributed by atoms with Crippen LogP contribution in [0.1, 0.15) is 50.8 Å². The van der Waals surface area contributed by atoms with Crippen LogP contribution >= 0.6 is 0 Å². The van der Waals surface area contributed by atoms with E-state index < -0.39 is 12.3 Å². The van der Waals surface area contributed by atoms with Crippen LogP contribution in [0.15, 0.2) is 18.3 Å². The zero-order valence-electron chi connectivity index (χ0n) is 19.8. The maximum atomic E-state index is 14.9. The fraction of sp³-hybridized carbons (Fsp3) is 0.667. The summed E-state index contributed by atoms with van der Waals surface area (Å²) >= 11 is 0. The minimum absolute atomic E-state index is 0.0833. The molecule has 1 saturated heterocycles. The van der Waals surface area contributed by atoms with Crippen LogP contribution in [-0.4, -0.2) is 64.8 Å². The van der Waals surface area contributed by atoms with Crippen LogP contribution in [0.2, 0.25) is 0 Å². The molecule has 2 N–H and O–H groups in total. The maximum absolute atomic E-state index is 14.9. The summed E-state index contributed by atoms with van der Waals surface area (Å²) in [6.07, 6.45) is 4.19. The Hall–Kier alpha value is -2.33. The van der Waals surface area contributed by atoms with E-state index in [4.69, 9.17) is 15.6 Å². The van der Waals surface area contributed by atoms with Gasteiger partial charge in [-0.25, -0.2) is 9.37 Å². The molecule has 3 fully saturated rings. The number of methoxy groups -OCH3 is 1. The van der Waals surface area contributed by atoms with E-state index in [1.165, 1.54) is 12.3 Å². The number of ether oxygens (including phenoxy) is 2. The average molecular weight is 480 g/mol. The highest BCUT2D eigenvalue weighted by Crippen LogP contribution is 2.64. The molecule has 186 valence electrons. The lowest BCUT2D eigenvalue weighted by Gasteiger charge is -2.27. The van der Waals surface area contributed by atoms with Crippen molar-refractivity contribution in [1.29, 1.82) is 0 Å². The van der Waals surface area contributed by atoms with Gasteiger partial charge >= 0.3 is 6.61 Å². The number of pyridine rings is 1. The third-order valence-corrected chi connectivity index (χ3v) is 7.66. The molecule has 34 heavy (non-hydrogen) atoms. The van der Waals surface area contributed by atoms with Gasteiger partial charge in [-0.15, -0.1) is 0 Å². The van der Waals surface area contributed by atoms with Gasteiger partial charge in [-0.05, 0) is 57.1 Å². The number of anilines is 1. The zero-order valence-corrected chi connectivity index (χ0v) is 19.8. The molecule has 0 spiro atoms. The van der Waals surface area contributed by atoms with Crippen LogP contribution in [0.5, 0.6) is 5.75 Å². The van der Waals surface area contributed by atoms with Crippen LogP contribution in [0, 0.1) is 11.8 Å². The molecule has 5 atom stereocenters. The van der Waals surface area contributed by atoms with E-state index >= 15 is 0 Å². The summed E-state index contributed by atoms with van der Waals surface area (Å²) in [6.45, 7) is 2.58. The molecule has 7 nitrogen and oxygen atoms in total. The number of hydrogen-bond acceptors (Lipinski definition) is 6. The van der Waals surface area contributed by atoms with Gasteiger partial charge in [0.15, 0.2) is 11.6 Å². The minimum Gasteiger partial charge on any atom is -0.431 e. The normalized spacial score (nSPS) is 30.9. The Morgan fingerprint density at radius 1 is 1.24 bits per heavy atom. The topological polar surface area (TPSA) is 78.4 Å². The van der Waals surface area contributed by atoms with Gasteiger partial charge in [0, 0.05) is 55.7 Å². The van der Waals surface area contributed by atoms with Crippen molar-refractivity contribution in [2.24, 2.45) is 11.8 Å². The summed E-state index contributed by atoms with van der Waals surface area (Å²) in [5.74, 6) is 1.30. The molecule has 0 aromatic carbocycles. The molecule has 10 heteroatoms. The van der Waals surface area contributed by atoms with Crippen LogP contribution in [0.3, 0.4) is 0 Å². The SMILES string of the molecule is COCC1(F)CCN(C2C[C@@H]3C(c4cc(-c5cnc(N)c(OC(F)F)c5)nn4C(C)C)[C@@H]3C2)C1. The van der Waals surface area contributed by atoms with Crippen molar-refractivity contribution < 1.29 is 22.6 Å². The highest BCUT2D eigenvalue weighted by atomic mass is 19.3. The molecule has 2 aromatic heterocycles. The first-order valence-corrected chi connectivity index (χ1v) is 11.9. The van der Waals surface area contributed by atoms with E-state index in [-0.39, 0.29) is 24.2 Å². The summed E-state index contributed by atoms with van der Waals surface area (Å²) in [4.78, 5) is 6.32. The van der Waals surface area contributed by atoms with E-state index in [1.807, 2.05) is 10.7 Å². The van der Waals surface area contributed by atoms with Crippen molar-refractivity contribution >= 4 is 5.82 Å². The van der Waals surface area contributed by atoms with Gasteiger partial charge in [0.1, 0.15) is 5.67 Å². The van der Waals surface area contributed by atoms with E-state index in [9.17, 15) is 13.2 Å². The molecule has 1 aliphatic heterocycles. The summed E-state index contributed by atoms with van der Waals surface area (Å²) in [6, 6.07) is 4.08. The first-order chi connectivity index (χ1) is 16.2. The molecular formula is C24H32F3N5O2. The average Bonchev–Trinajstić information content (AvgIpc) is 3.18. The lowest BCUT2D eigenvalue weighted by atomic mass is 10.0. The monoisotopic (exact) mass is 479 g/mol. The quantitative estimate of drug-likeness (QED) is 0.610. The summed E-state index contributed by atoms with van der Waals surface area (Å²) in [5, 5.41) is 4.77. The Morgan fingerprint density at radius 2 is 1.97 bits per heavy atom. The third kappa shape index (κ3) is 4.26. The number of hydrogen-bond donors (Lipinski definition) is 1. The van der Waals surface area contributed by atoms with E-state index in [0.29, 0.717) is 48.0 Å². The van der Waals surface area contributed by atoms with Gasteiger partial charge in [-0.2, -0.15) is 13.9 Å². The van der Waals surface area contributed by atoms with E-state index in [1.54, 1.807) is 7.11 Å². The molecule has 3 aliphatic rings. The number of nitrogens with zero attached hydrogens (tertiary/aromatic N) is 4. The van der Waals surface area contributed by atoms with Crippen LogP contribution in [0.4, 0.5) is 19.0 Å². The Balaban J connectivity index is 1.31. The smallest absolute Gasteiger partial charge is 0.387 e. The lowest BCUT2D eigenvalue weighted by molar-refractivity contribution is -0.0494. The van der Waals surface area contributed by atoms with Crippen molar-refractivity contribution in [3.63, 3.8) is 0 Å². The molecule has 0 radical (unpaired) electrons. The number of halogens is 3. The fourth-order valence-corrected chi connectivity index (χ4v) is 6.10. The van der Waals surface area contributed by atoms with E-state index in [0.717, 1.165) is 25.1 Å². The number of likely N-dealkylation sites (tertiary alicyclic amines) is 1. The van der Waals surface area contributed by atoms with Crippen LogP contribution in [-0.2, 0) is 4.74 Å². The molecule has 3 unspecified atom stereocenters. The maximum Gasteiger partial charge on any atom is 0.387 e. The second-order valence-electron chi connectivity index (χ2n) is 10.3. The lowest BCUT2D eigenvalue weighted by Crippen LogP contribution is -2.38. The number of alkyl halides is 3. The summed E-state index contributed by atoms with van der Waals surface area (Å²) in [7, 11) is 1.55. The molecular weight excluding hydrogens is 447 g/mol. The Morgan fingerprint density at radius 3 is 2.62 bits per heavy atom. The Bertz CT molecular complexity index is 1040. The molecule has 3 heterocycles. The predicted octanol–water partition coefficient (Wildman–Crippen LogP) is 4.26. The number of fused-ring (bicyclic) bond motifs is 1. The molecule has 0 bridgehead atoms. The first-order valence-electron chi connectivity index (χ1n) is 11.9. The van der Waals surface area contributed by atoms with Gasteiger partial charge < -0.3 is 15.2 Å². The van der Waals surface area contributed by atoms with E-state index in [2.05, 4.69) is 28.5 Å². The van der Waals surface area contributed by atoms with Gasteiger partial charge in [0.2, 0.25) is 0 Å². The minimum atomic E-state index is -2.98. The summed E-state index contributed by atoms with van der Waals surface area (Å²) < 4.78 is 51.9. The molecule has 2 aliphatic carbocycles. The molecule has 2 aromatic rings. The van der Waals surface area contributed by atoms with Crippen molar-refractivity contribution in [2.75, 3.05) is 32.5 Å². The van der Waals surface area contributed by atoms with Crippen molar-refractivity contribution in [1.82, 2.24) is 19.7 Å². The molecule has 0 amide bonds. The Kier molecular flexibility index (Phi) is 6.00. The number of aromatic nitrogens is 3. The number of rotatable bonds is 8. The van der Waals surface area contributed by atoms with Crippen molar-refractivity contribution in [3.05, 3.63) is 24.0 Å². The molecule has 5 rings (SSSR count). The van der Waals surface area contributed by atoms with Crippen molar-refractivity contribution in [2.45, 2.75) is 63.4 Å². The van der Waals surface area contributed by atoms with Gasteiger partial charge in [0.05, 0.1) is 12.3 Å². The fourth-order valence-electron chi connectivity index (χ4n) is 6.10. The number of nitrogens with two attached hydrogens (primary N) is 1. The van der Waals surface area contributed by atoms with Gasteiger partial charge in [-0.3, -0.25) is 9.58 Å². The van der Waals surface area contributed by atoms with Crippen LogP contribution in [0.25, 0.3) is 11.3 Å². The predicted molar refractivity (Wildman–Crippen MR) is 122 cm³/mol. The highest BCUT2D eigenvalue weighted by molar-refractivity contribution is 5.64. The highest BCUT2D eigenvalue weighted by Gasteiger charge is 2.59. The standard InChI is InChI=1S/C24H32F3N5O2/c1-13(2)32-19(9-18(30-32)14-6-20(34-23(25)26)22(28)29-10-14)21-16-7-15(8-17(16)21)31-5-4-24(27,11-31)12-33-3/h6,9-10,13,15-17,21,23H,4-5,7-8,11-12H2,1-3H3,(H2,28,29)/t15?,16-,17+,21?,24?. The molecule has 2 saturated carbocycles. The van der Waals surface area contributed by atoms with Gasteiger partial charge in [-0.1, -0.05) is 0 Å². The van der Waals surface area contributed by atoms with Gasteiger partial charge in [0.25, 0.3) is 0 Å². The third-order valence-electron chi connectivity index (χ3n) is 7.66. The Labute approximate surface area is 197 Å². The second kappa shape index (κ2) is 8.71. The first kappa shape index (κ1) is 23.4. The van der Waals surface area contributed by atoms with Crippen LogP contribution < -0.4 is 10.5 Å². The largest absolute Gasteiger partial charge is 0.431 e. The zero-order chi connectivity index (χ0) is 24.2.